The number of hydrogen-bond acceptors (Lipinski definition) is 2. The Balaban J connectivity index is 1.16. The van der Waals surface area contributed by atoms with E-state index in [1.54, 1.807) is 0 Å². The van der Waals surface area contributed by atoms with E-state index in [1.807, 2.05) is 12.1 Å². The molecule has 0 aliphatic heterocycles. The third-order valence-corrected chi connectivity index (χ3v) is 11.2. The molecule has 0 unspecified atom stereocenters. The monoisotopic (exact) mass is 728 g/mol. The van der Waals surface area contributed by atoms with E-state index < -0.39 is 0 Å². The number of hydrogen-bond donors (Lipinski definition) is 0. The van der Waals surface area contributed by atoms with E-state index in [9.17, 15) is 0 Å². The summed E-state index contributed by atoms with van der Waals surface area (Å²) in [6.45, 7) is 0. The Morgan fingerprint density at radius 2 is 0.965 bits per heavy atom. The number of nitrogens with zero attached hydrogens (tertiary/aromatic N) is 2. The van der Waals surface area contributed by atoms with Gasteiger partial charge in [-0.3, -0.25) is 0 Å². The second-order valence-electron chi connectivity index (χ2n) is 14.5. The summed E-state index contributed by atoms with van der Waals surface area (Å²) in [5, 5.41) is 4.66. The lowest BCUT2D eigenvalue weighted by Gasteiger charge is -2.28. The quantitative estimate of drug-likeness (QED) is 0.163. The summed E-state index contributed by atoms with van der Waals surface area (Å²) in [5.74, 6) is 0. The molecule has 0 saturated heterocycles. The summed E-state index contributed by atoms with van der Waals surface area (Å²) in [5.41, 5.74) is 15.5. The Labute approximate surface area is 330 Å². The number of anilines is 3. The molecule has 2 heterocycles. The highest BCUT2D eigenvalue weighted by Gasteiger charge is 2.22. The van der Waals surface area contributed by atoms with Gasteiger partial charge in [-0.25, -0.2) is 0 Å². The number of rotatable bonds is 7. The Hall–Kier alpha value is -7.62. The molecule has 0 aliphatic rings. The van der Waals surface area contributed by atoms with Gasteiger partial charge in [-0.15, -0.1) is 0 Å². The van der Waals surface area contributed by atoms with E-state index >= 15 is 0 Å². The van der Waals surface area contributed by atoms with Crippen molar-refractivity contribution >= 4 is 60.8 Å². The van der Waals surface area contributed by atoms with Gasteiger partial charge in [0.1, 0.15) is 11.2 Å². The lowest BCUT2D eigenvalue weighted by Crippen LogP contribution is -2.11. The maximum absolute atomic E-state index is 6.23. The Kier molecular flexibility index (Phi) is 7.82. The third-order valence-electron chi connectivity index (χ3n) is 11.2. The van der Waals surface area contributed by atoms with Crippen LogP contribution in [0.2, 0.25) is 0 Å². The molecule has 57 heavy (non-hydrogen) atoms. The zero-order valence-corrected chi connectivity index (χ0v) is 31.1. The molecule has 0 N–H and O–H groups in total. The Morgan fingerprint density at radius 3 is 1.79 bits per heavy atom. The summed E-state index contributed by atoms with van der Waals surface area (Å²) in [6, 6.07) is 78.3. The van der Waals surface area contributed by atoms with Crippen LogP contribution in [-0.2, 0) is 0 Å². The van der Waals surface area contributed by atoms with Gasteiger partial charge < -0.3 is 13.9 Å². The van der Waals surface area contributed by atoms with E-state index in [2.05, 4.69) is 216 Å². The molecule has 0 fully saturated rings. The first-order chi connectivity index (χ1) is 28.3. The molecule has 0 radical (unpaired) electrons. The molecule has 268 valence electrons. The number of aromatic nitrogens is 1. The van der Waals surface area contributed by atoms with Crippen molar-refractivity contribution in [3.05, 3.63) is 218 Å². The first kappa shape index (κ1) is 32.8. The van der Waals surface area contributed by atoms with E-state index in [1.165, 1.54) is 38.5 Å². The van der Waals surface area contributed by atoms with Gasteiger partial charge in [0.05, 0.1) is 22.4 Å². The zero-order valence-electron chi connectivity index (χ0n) is 31.1. The van der Waals surface area contributed by atoms with Crippen molar-refractivity contribution in [2.75, 3.05) is 4.90 Å². The molecule has 0 bridgehead atoms. The van der Waals surface area contributed by atoms with Crippen molar-refractivity contribution in [2.45, 2.75) is 0 Å². The van der Waals surface area contributed by atoms with Gasteiger partial charge in [-0.1, -0.05) is 158 Å². The SMILES string of the molecule is c1ccc(-c2ccc(-c3ccccc3)c(-n3c4ccccc4c4ccc(N(c5ccccc5)c5ccccc5-c5ccc6oc7ccccc7c6c5)cc43)c2)cc1. The van der Waals surface area contributed by atoms with Crippen LogP contribution in [0.3, 0.4) is 0 Å². The number of furan rings is 1. The molecule has 0 saturated carbocycles. The molecule has 9 aromatic carbocycles. The van der Waals surface area contributed by atoms with Crippen LogP contribution in [0.15, 0.2) is 223 Å². The van der Waals surface area contributed by atoms with Crippen molar-refractivity contribution < 1.29 is 4.42 Å². The zero-order chi connectivity index (χ0) is 37.7. The molecule has 2 aromatic heterocycles. The average Bonchev–Trinajstić information content (AvgIpc) is 3.82. The highest BCUT2D eigenvalue weighted by molar-refractivity contribution is 6.11. The fourth-order valence-corrected chi connectivity index (χ4v) is 8.56. The van der Waals surface area contributed by atoms with Crippen LogP contribution in [0.5, 0.6) is 0 Å². The molecular weight excluding hydrogens is 693 g/mol. The topological polar surface area (TPSA) is 21.3 Å². The van der Waals surface area contributed by atoms with Crippen LogP contribution in [0.25, 0.3) is 82.8 Å². The van der Waals surface area contributed by atoms with Crippen LogP contribution < -0.4 is 4.90 Å². The minimum atomic E-state index is 0.891. The Morgan fingerprint density at radius 1 is 0.333 bits per heavy atom. The average molecular weight is 729 g/mol. The summed E-state index contributed by atoms with van der Waals surface area (Å²) in [7, 11) is 0. The van der Waals surface area contributed by atoms with Gasteiger partial charge in [0.2, 0.25) is 0 Å². The lowest BCUT2D eigenvalue weighted by molar-refractivity contribution is 0.669. The molecule has 11 aromatic rings. The van der Waals surface area contributed by atoms with E-state index in [0.717, 1.165) is 61.3 Å². The molecule has 0 aliphatic carbocycles. The number of fused-ring (bicyclic) bond motifs is 6. The van der Waals surface area contributed by atoms with Crippen molar-refractivity contribution in [1.82, 2.24) is 4.57 Å². The molecule has 0 amide bonds. The smallest absolute Gasteiger partial charge is 0.135 e. The molecule has 3 heteroatoms. The van der Waals surface area contributed by atoms with Gasteiger partial charge in [0.25, 0.3) is 0 Å². The largest absolute Gasteiger partial charge is 0.456 e. The summed E-state index contributed by atoms with van der Waals surface area (Å²) in [6.07, 6.45) is 0. The number of benzene rings is 9. The maximum Gasteiger partial charge on any atom is 0.135 e. The molecule has 11 rings (SSSR count). The van der Waals surface area contributed by atoms with Gasteiger partial charge in [-0.2, -0.15) is 0 Å². The van der Waals surface area contributed by atoms with E-state index in [0.29, 0.717) is 0 Å². The molecule has 0 atom stereocenters. The van der Waals surface area contributed by atoms with Crippen molar-refractivity contribution in [1.29, 1.82) is 0 Å². The van der Waals surface area contributed by atoms with Crippen LogP contribution in [0.1, 0.15) is 0 Å². The minimum absolute atomic E-state index is 0.891. The second kappa shape index (κ2) is 13.6. The second-order valence-corrected chi connectivity index (χ2v) is 14.5. The first-order valence-electron chi connectivity index (χ1n) is 19.4. The molecular formula is C54H36N2O. The normalized spacial score (nSPS) is 11.5. The van der Waals surface area contributed by atoms with E-state index in [-0.39, 0.29) is 0 Å². The molecule has 3 nitrogen and oxygen atoms in total. The standard InChI is InChI=1S/C54H36N2O/c1-4-16-37(17-5-1)39-28-31-44(38-18-6-2-7-19-38)51(35-39)56-50-26-14-11-23-45(50)46-32-30-42(36-52(46)56)55(41-20-8-3-9-21-41)49-25-13-10-22-43(49)40-29-33-54-48(34-40)47-24-12-15-27-53(47)57-54/h1-36H. The van der Waals surface area contributed by atoms with Crippen molar-refractivity contribution in [3.8, 4) is 39.1 Å². The van der Waals surface area contributed by atoms with Crippen molar-refractivity contribution in [2.24, 2.45) is 0 Å². The van der Waals surface area contributed by atoms with Gasteiger partial charge in [-0.05, 0) is 82.9 Å². The van der Waals surface area contributed by atoms with Gasteiger partial charge >= 0.3 is 0 Å². The maximum atomic E-state index is 6.23. The summed E-state index contributed by atoms with van der Waals surface area (Å²) in [4.78, 5) is 2.40. The van der Waals surface area contributed by atoms with Crippen LogP contribution in [0, 0.1) is 0 Å². The van der Waals surface area contributed by atoms with Crippen LogP contribution >= 0.6 is 0 Å². The summed E-state index contributed by atoms with van der Waals surface area (Å²) < 4.78 is 8.70. The highest BCUT2D eigenvalue weighted by Crippen LogP contribution is 2.45. The fraction of sp³-hybridized carbons (Fsp3) is 0. The highest BCUT2D eigenvalue weighted by atomic mass is 16.3. The van der Waals surface area contributed by atoms with Gasteiger partial charge in [0.15, 0.2) is 0 Å². The predicted molar refractivity (Wildman–Crippen MR) is 239 cm³/mol. The summed E-state index contributed by atoms with van der Waals surface area (Å²) >= 11 is 0. The van der Waals surface area contributed by atoms with Crippen LogP contribution in [-0.4, -0.2) is 4.57 Å². The Bertz CT molecular complexity index is 3230. The number of para-hydroxylation sites is 4. The van der Waals surface area contributed by atoms with Gasteiger partial charge in [0, 0.05) is 44.0 Å². The predicted octanol–water partition coefficient (Wildman–Crippen LogP) is 15.2. The van der Waals surface area contributed by atoms with Crippen LogP contribution in [0.4, 0.5) is 17.1 Å². The van der Waals surface area contributed by atoms with Crippen molar-refractivity contribution in [3.63, 3.8) is 0 Å². The minimum Gasteiger partial charge on any atom is -0.456 e. The lowest BCUT2D eigenvalue weighted by atomic mass is 9.98. The molecule has 0 spiro atoms. The van der Waals surface area contributed by atoms with E-state index in [4.69, 9.17) is 4.42 Å². The third kappa shape index (κ3) is 5.60. The first-order valence-corrected chi connectivity index (χ1v) is 19.4. The fourth-order valence-electron chi connectivity index (χ4n) is 8.56.